The maximum atomic E-state index is 11.9. The summed E-state index contributed by atoms with van der Waals surface area (Å²) in [7, 11) is 1.22. The van der Waals surface area contributed by atoms with Crippen LogP contribution in [0.15, 0.2) is 0 Å². The number of carbonyl (C=O) groups excluding carboxylic acids is 4. The first-order valence-electron chi connectivity index (χ1n) is 6.58. The smallest absolute Gasteiger partial charge is 0.334 e. The third kappa shape index (κ3) is 3.51. The molecule has 0 aromatic carbocycles. The van der Waals surface area contributed by atoms with Gasteiger partial charge in [-0.25, -0.2) is 9.69 Å². The van der Waals surface area contributed by atoms with Crippen LogP contribution < -0.4 is 10.6 Å². The van der Waals surface area contributed by atoms with Crippen molar-refractivity contribution in [1.82, 2.24) is 20.4 Å². The Balaban J connectivity index is 0.00000220. The molecule has 0 bridgehead atoms. The molecule has 2 unspecified atom stereocenters. The van der Waals surface area contributed by atoms with Crippen LogP contribution in [-0.4, -0.2) is 65.8 Å². The Hall–Kier alpha value is -1.67. The van der Waals surface area contributed by atoms with Gasteiger partial charge in [0.15, 0.2) is 0 Å². The Bertz CT molecular complexity index is 470. The van der Waals surface area contributed by atoms with Crippen molar-refractivity contribution in [2.45, 2.75) is 31.8 Å². The van der Waals surface area contributed by atoms with E-state index in [2.05, 4.69) is 10.6 Å². The minimum atomic E-state index is -0.956. The van der Waals surface area contributed by atoms with Crippen molar-refractivity contribution < 1.29 is 19.2 Å². The highest BCUT2D eigenvalue weighted by molar-refractivity contribution is 6.44. The SMILES string of the molecule is CC1NCCCC1NC(=O)CN1C(=O)C(=O)N(C)C1=O.Cl. The Morgan fingerprint density at radius 3 is 2.52 bits per heavy atom. The summed E-state index contributed by atoms with van der Waals surface area (Å²) >= 11 is 0. The van der Waals surface area contributed by atoms with Gasteiger partial charge in [0, 0.05) is 19.1 Å². The fourth-order valence-corrected chi connectivity index (χ4v) is 2.39. The van der Waals surface area contributed by atoms with Gasteiger partial charge in [-0.3, -0.25) is 19.3 Å². The predicted molar refractivity (Wildman–Crippen MR) is 75.8 cm³/mol. The number of hydrogen-bond donors (Lipinski definition) is 2. The molecule has 2 heterocycles. The van der Waals surface area contributed by atoms with Crippen LogP contribution in [0.3, 0.4) is 0 Å². The number of carbonyl (C=O) groups is 4. The lowest BCUT2D eigenvalue weighted by Gasteiger charge is -2.30. The Morgan fingerprint density at radius 2 is 2.00 bits per heavy atom. The second-order valence-corrected chi connectivity index (χ2v) is 5.10. The number of amides is 5. The predicted octanol–water partition coefficient (Wildman–Crippen LogP) is -0.914. The van der Waals surface area contributed by atoms with Crippen LogP contribution in [0, 0.1) is 0 Å². The molecule has 5 amide bonds. The van der Waals surface area contributed by atoms with Gasteiger partial charge in [-0.1, -0.05) is 0 Å². The van der Waals surface area contributed by atoms with E-state index >= 15 is 0 Å². The normalized spacial score (nSPS) is 25.9. The third-order valence-corrected chi connectivity index (χ3v) is 3.66. The zero-order valence-electron chi connectivity index (χ0n) is 11.9. The van der Waals surface area contributed by atoms with Crippen LogP contribution in [0.1, 0.15) is 19.8 Å². The van der Waals surface area contributed by atoms with E-state index in [1.54, 1.807) is 0 Å². The van der Waals surface area contributed by atoms with E-state index in [4.69, 9.17) is 0 Å². The van der Waals surface area contributed by atoms with Crippen molar-refractivity contribution in [3.05, 3.63) is 0 Å². The van der Waals surface area contributed by atoms with Crippen molar-refractivity contribution in [3.8, 4) is 0 Å². The van der Waals surface area contributed by atoms with E-state index in [9.17, 15) is 19.2 Å². The lowest BCUT2D eigenvalue weighted by Crippen LogP contribution is -2.54. The van der Waals surface area contributed by atoms with Gasteiger partial charge in [-0.2, -0.15) is 0 Å². The van der Waals surface area contributed by atoms with Crippen molar-refractivity contribution >= 4 is 36.2 Å². The van der Waals surface area contributed by atoms with E-state index in [1.807, 2.05) is 6.92 Å². The number of hydrogen-bond acceptors (Lipinski definition) is 5. The van der Waals surface area contributed by atoms with E-state index in [0.717, 1.165) is 19.4 Å². The summed E-state index contributed by atoms with van der Waals surface area (Å²) in [5.74, 6) is -2.30. The standard InChI is InChI=1S/C12H18N4O4.ClH/c1-7-8(4-3-5-13-7)14-9(17)6-16-11(19)10(18)15(2)12(16)20;/h7-8,13H,3-6H2,1-2H3,(H,14,17);1H. The summed E-state index contributed by atoms with van der Waals surface area (Å²) < 4.78 is 0. The summed E-state index contributed by atoms with van der Waals surface area (Å²) in [5.41, 5.74) is 0. The van der Waals surface area contributed by atoms with Gasteiger partial charge in [0.2, 0.25) is 5.91 Å². The molecule has 21 heavy (non-hydrogen) atoms. The molecule has 2 N–H and O–H groups in total. The fourth-order valence-electron chi connectivity index (χ4n) is 2.39. The molecular weight excluding hydrogens is 300 g/mol. The largest absolute Gasteiger partial charge is 0.350 e. The van der Waals surface area contributed by atoms with Gasteiger partial charge >= 0.3 is 17.8 Å². The molecule has 0 radical (unpaired) electrons. The van der Waals surface area contributed by atoms with Gasteiger partial charge in [0.05, 0.1) is 0 Å². The lowest BCUT2D eigenvalue weighted by molar-refractivity contribution is -0.143. The second-order valence-electron chi connectivity index (χ2n) is 5.10. The highest BCUT2D eigenvalue weighted by Crippen LogP contribution is 2.11. The molecule has 2 aliphatic rings. The maximum absolute atomic E-state index is 11.9. The molecule has 8 nitrogen and oxygen atoms in total. The number of imide groups is 2. The zero-order chi connectivity index (χ0) is 14.9. The quantitative estimate of drug-likeness (QED) is 0.518. The maximum Gasteiger partial charge on any atom is 0.334 e. The average Bonchev–Trinajstić information content (AvgIpc) is 2.59. The van der Waals surface area contributed by atoms with Crippen molar-refractivity contribution in [3.63, 3.8) is 0 Å². The summed E-state index contributed by atoms with van der Waals surface area (Å²) in [6, 6.07) is -0.649. The molecule has 9 heteroatoms. The number of urea groups is 1. The second kappa shape index (κ2) is 6.86. The van der Waals surface area contributed by atoms with Crippen LogP contribution in [0.2, 0.25) is 0 Å². The van der Waals surface area contributed by atoms with Crippen LogP contribution in [-0.2, 0) is 14.4 Å². The molecule has 0 aromatic rings. The molecule has 2 fully saturated rings. The molecule has 0 saturated carbocycles. The highest BCUT2D eigenvalue weighted by Gasteiger charge is 2.43. The number of likely N-dealkylation sites (N-methyl/N-ethyl adjacent to an activating group) is 1. The molecule has 0 spiro atoms. The first kappa shape index (κ1) is 17.4. The molecule has 2 saturated heterocycles. The van der Waals surface area contributed by atoms with Crippen molar-refractivity contribution in [1.29, 1.82) is 0 Å². The summed E-state index contributed by atoms with van der Waals surface area (Å²) in [6.45, 7) is 2.46. The van der Waals surface area contributed by atoms with Gasteiger partial charge in [0.1, 0.15) is 6.54 Å². The molecule has 0 aromatic heterocycles. The zero-order valence-corrected chi connectivity index (χ0v) is 12.7. The molecule has 0 aliphatic carbocycles. The number of halogens is 1. The number of rotatable bonds is 3. The van der Waals surface area contributed by atoms with Crippen molar-refractivity contribution in [2.75, 3.05) is 20.1 Å². The number of nitrogens with zero attached hydrogens (tertiary/aromatic N) is 2. The minimum absolute atomic E-state index is 0. The van der Waals surface area contributed by atoms with Gasteiger partial charge in [-0.15, -0.1) is 12.4 Å². The summed E-state index contributed by atoms with van der Waals surface area (Å²) in [6.07, 6.45) is 1.80. The Kier molecular flexibility index (Phi) is 5.68. The van der Waals surface area contributed by atoms with Crippen LogP contribution in [0.5, 0.6) is 0 Å². The molecular formula is C12H19ClN4O4. The Labute approximate surface area is 128 Å². The van der Waals surface area contributed by atoms with Crippen LogP contribution >= 0.6 is 12.4 Å². The average molecular weight is 319 g/mol. The summed E-state index contributed by atoms with van der Waals surface area (Å²) in [4.78, 5) is 47.8. The Morgan fingerprint density at radius 1 is 1.33 bits per heavy atom. The molecule has 118 valence electrons. The minimum Gasteiger partial charge on any atom is -0.350 e. The fraction of sp³-hybridized carbons (Fsp3) is 0.667. The van der Waals surface area contributed by atoms with E-state index in [0.29, 0.717) is 9.80 Å². The summed E-state index contributed by atoms with van der Waals surface area (Å²) in [5, 5.41) is 6.03. The highest BCUT2D eigenvalue weighted by atomic mass is 35.5. The van der Waals surface area contributed by atoms with Crippen molar-refractivity contribution in [2.24, 2.45) is 0 Å². The third-order valence-electron chi connectivity index (χ3n) is 3.66. The first-order valence-corrected chi connectivity index (χ1v) is 6.58. The van der Waals surface area contributed by atoms with E-state index in [-0.39, 0.29) is 24.5 Å². The van der Waals surface area contributed by atoms with Crippen LogP contribution in [0.25, 0.3) is 0 Å². The molecule has 2 rings (SSSR count). The molecule has 2 atom stereocenters. The monoisotopic (exact) mass is 318 g/mol. The van der Waals surface area contributed by atoms with Crippen LogP contribution in [0.4, 0.5) is 4.79 Å². The van der Waals surface area contributed by atoms with Gasteiger partial charge in [0.25, 0.3) is 0 Å². The lowest BCUT2D eigenvalue weighted by atomic mass is 10.00. The topological polar surface area (TPSA) is 98.8 Å². The molecule has 2 aliphatic heterocycles. The first-order chi connectivity index (χ1) is 9.41. The van der Waals surface area contributed by atoms with E-state index in [1.165, 1.54) is 7.05 Å². The van der Waals surface area contributed by atoms with E-state index < -0.39 is 30.3 Å². The number of piperidine rings is 1. The van der Waals surface area contributed by atoms with Gasteiger partial charge < -0.3 is 10.6 Å². The number of nitrogens with one attached hydrogen (secondary N) is 2. The van der Waals surface area contributed by atoms with Gasteiger partial charge in [-0.05, 0) is 26.3 Å².